The number of likely N-dealkylation sites (tertiary alicyclic amines) is 1. The van der Waals surface area contributed by atoms with Crippen molar-refractivity contribution < 1.29 is 27.0 Å². The van der Waals surface area contributed by atoms with Crippen molar-refractivity contribution in [2.75, 3.05) is 31.9 Å². The maximum absolute atomic E-state index is 10.7. The van der Waals surface area contributed by atoms with Crippen LogP contribution in [0.25, 0.3) is 0 Å². The molecule has 0 aliphatic carbocycles. The quantitative estimate of drug-likeness (QED) is 0.496. The minimum atomic E-state index is -4.06. The topological polar surface area (TPSA) is 91.3 Å². The van der Waals surface area contributed by atoms with Crippen LogP contribution in [0.4, 0.5) is 0 Å². The van der Waals surface area contributed by atoms with Crippen LogP contribution < -0.4 is 0 Å². The van der Waals surface area contributed by atoms with Crippen molar-refractivity contribution in [3.05, 3.63) is 0 Å². The Morgan fingerprint density at radius 2 is 1.50 bits per heavy atom. The summed E-state index contributed by atoms with van der Waals surface area (Å²) < 4.78 is 33.3. The van der Waals surface area contributed by atoms with Crippen LogP contribution in [-0.2, 0) is 19.7 Å². The monoisotopic (exact) mass is 335 g/mol. The number of quaternary nitrogens is 1. The third kappa shape index (κ3) is 7.49. The second-order valence-corrected chi connectivity index (χ2v) is 7.71. The third-order valence-electron chi connectivity index (χ3n) is 4.68. The minimum absolute atomic E-state index is 0.204. The molecule has 1 saturated heterocycles. The largest absolute Gasteiger partial charge is 0.748 e. The van der Waals surface area contributed by atoms with Crippen LogP contribution in [0.5, 0.6) is 0 Å². The van der Waals surface area contributed by atoms with E-state index in [1.54, 1.807) is 0 Å². The van der Waals surface area contributed by atoms with E-state index >= 15 is 0 Å². The molecule has 7 heteroatoms. The van der Waals surface area contributed by atoms with Crippen molar-refractivity contribution in [1.29, 1.82) is 0 Å². The summed E-state index contributed by atoms with van der Waals surface area (Å²) in [5.41, 5.74) is 0. The molecule has 1 heterocycles. The molecule has 2 unspecified atom stereocenters. The number of carbonyl (C=O) groups excluding carboxylic acids is 2. The zero-order chi connectivity index (χ0) is 17.2. The highest BCUT2D eigenvalue weighted by Crippen LogP contribution is 2.34. The Hall–Kier alpha value is -0.750. The molecule has 1 rings (SSSR count). The smallest absolute Gasteiger partial charge is 0.373 e. The number of hydrogen-bond donors (Lipinski definition) is 0. The average molecular weight is 335 g/mol. The molecular formula is C15H29NO5S. The van der Waals surface area contributed by atoms with Gasteiger partial charge in [0.15, 0.2) is 0 Å². The van der Waals surface area contributed by atoms with Gasteiger partial charge in [0.1, 0.15) is 0 Å². The lowest BCUT2D eigenvalue weighted by molar-refractivity contribution is -0.919. The van der Waals surface area contributed by atoms with Gasteiger partial charge in [-0.2, -0.15) is 9.59 Å². The maximum atomic E-state index is 10.7. The fourth-order valence-electron chi connectivity index (χ4n) is 3.82. The first-order valence-electron chi connectivity index (χ1n) is 8.05. The van der Waals surface area contributed by atoms with E-state index in [0.717, 1.165) is 35.8 Å². The van der Waals surface area contributed by atoms with E-state index in [4.69, 9.17) is 9.59 Å². The Morgan fingerprint density at radius 1 is 1.05 bits per heavy atom. The van der Waals surface area contributed by atoms with E-state index in [1.807, 2.05) is 0 Å². The molecule has 1 fully saturated rings. The second-order valence-electron chi connectivity index (χ2n) is 6.19. The molecule has 0 amide bonds. The number of nitrogens with zero attached hydrogens (tertiary/aromatic N) is 1. The van der Waals surface area contributed by atoms with Crippen LogP contribution in [0, 0.1) is 11.8 Å². The fourth-order valence-corrected chi connectivity index (χ4v) is 4.30. The Balaban J connectivity index is 0.00000135. The Bertz CT molecular complexity index is 431. The molecule has 0 aromatic heterocycles. The van der Waals surface area contributed by atoms with Gasteiger partial charge in [-0.05, 0) is 19.3 Å². The van der Waals surface area contributed by atoms with Crippen molar-refractivity contribution in [2.24, 2.45) is 11.8 Å². The summed E-state index contributed by atoms with van der Waals surface area (Å²) in [4.78, 5) is 16.2. The lowest BCUT2D eigenvalue weighted by Gasteiger charge is -2.35. The number of hydrogen-bond acceptors (Lipinski definition) is 5. The Labute approximate surface area is 134 Å². The summed E-state index contributed by atoms with van der Waals surface area (Å²) in [6.07, 6.45) is 4.31. The van der Waals surface area contributed by atoms with Gasteiger partial charge in [-0.1, -0.05) is 20.8 Å². The van der Waals surface area contributed by atoms with Crippen LogP contribution in [0.3, 0.4) is 0 Å². The molecule has 0 spiro atoms. The predicted octanol–water partition coefficient (Wildman–Crippen LogP) is 1.63. The Morgan fingerprint density at radius 3 is 1.82 bits per heavy atom. The lowest BCUT2D eigenvalue weighted by atomic mass is 9.92. The van der Waals surface area contributed by atoms with E-state index in [1.165, 1.54) is 25.9 Å². The van der Waals surface area contributed by atoms with E-state index in [9.17, 15) is 13.0 Å². The van der Waals surface area contributed by atoms with Crippen molar-refractivity contribution in [1.82, 2.24) is 0 Å². The van der Waals surface area contributed by atoms with E-state index in [2.05, 4.69) is 20.8 Å². The first-order chi connectivity index (χ1) is 10.3. The molecule has 0 N–H and O–H groups in total. The van der Waals surface area contributed by atoms with Crippen molar-refractivity contribution in [3.8, 4) is 0 Å². The molecule has 0 bridgehead atoms. The van der Waals surface area contributed by atoms with Gasteiger partial charge in [-0.15, -0.1) is 0 Å². The van der Waals surface area contributed by atoms with Gasteiger partial charge in [0.25, 0.3) is 0 Å². The summed E-state index contributed by atoms with van der Waals surface area (Å²) in [7, 11) is -4.06. The van der Waals surface area contributed by atoms with Crippen LogP contribution in [0.15, 0.2) is 0 Å². The minimum Gasteiger partial charge on any atom is -0.748 e. The van der Waals surface area contributed by atoms with Crippen LogP contribution in [-0.4, -0.2) is 55.5 Å². The predicted molar refractivity (Wildman–Crippen MR) is 81.8 cm³/mol. The van der Waals surface area contributed by atoms with Gasteiger partial charge < -0.3 is 9.04 Å². The van der Waals surface area contributed by atoms with Gasteiger partial charge in [0.05, 0.1) is 36.3 Å². The molecule has 2 atom stereocenters. The second kappa shape index (κ2) is 10.1. The molecule has 130 valence electrons. The van der Waals surface area contributed by atoms with E-state index in [-0.39, 0.29) is 11.9 Å². The Kier molecular flexibility index (Phi) is 9.76. The lowest BCUT2D eigenvalue weighted by Crippen LogP contribution is -2.48. The molecule has 0 aromatic carbocycles. The third-order valence-corrected chi connectivity index (χ3v) is 5.47. The number of rotatable bonds is 8. The summed E-state index contributed by atoms with van der Waals surface area (Å²) in [5, 5.41) is 0. The summed E-state index contributed by atoms with van der Waals surface area (Å²) >= 11 is 0. The molecule has 6 nitrogen and oxygen atoms in total. The molecule has 22 heavy (non-hydrogen) atoms. The molecular weight excluding hydrogens is 306 g/mol. The molecule has 0 aromatic rings. The summed E-state index contributed by atoms with van der Waals surface area (Å²) in [6, 6.07) is 0. The molecule has 0 saturated carbocycles. The fraction of sp³-hybridized carbons (Fsp3) is 0.933. The standard InChI is InChI=1S/C14H29NO3S.CO2/c1-4-8-15(9-7-10-19(16,17)18)11-13(5-2)14(6-3)12-15;2-1-3/h13-14H,4-12H2,1-3H3;. The highest BCUT2D eigenvalue weighted by atomic mass is 32.2. The first-order valence-corrected chi connectivity index (χ1v) is 9.63. The van der Waals surface area contributed by atoms with Gasteiger partial charge in [-0.25, -0.2) is 8.42 Å². The summed E-state index contributed by atoms with van der Waals surface area (Å²) in [6.45, 7) is 11.0. The van der Waals surface area contributed by atoms with E-state index in [0.29, 0.717) is 6.42 Å². The zero-order valence-electron chi connectivity index (χ0n) is 13.9. The van der Waals surface area contributed by atoms with Crippen molar-refractivity contribution in [2.45, 2.75) is 46.5 Å². The molecule has 0 radical (unpaired) electrons. The van der Waals surface area contributed by atoms with Crippen LogP contribution >= 0.6 is 0 Å². The average Bonchev–Trinajstić information content (AvgIpc) is 2.77. The van der Waals surface area contributed by atoms with Crippen LogP contribution in [0.1, 0.15) is 46.5 Å². The van der Waals surface area contributed by atoms with Gasteiger partial charge in [0.2, 0.25) is 0 Å². The van der Waals surface area contributed by atoms with Gasteiger partial charge in [-0.3, -0.25) is 0 Å². The zero-order valence-corrected chi connectivity index (χ0v) is 14.7. The van der Waals surface area contributed by atoms with Crippen molar-refractivity contribution in [3.63, 3.8) is 0 Å². The highest BCUT2D eigenvalue weighted by molar-refractivity contribution is 7.85. The normalized spacial score (nSPS) is 27.8. The van der Waals surface area contributed by atoms with Crippen molar-refractivity contribution >= 4 is 16.3 Å². The molecule has 1 aliphatic rings. The van der Waals surface area contributed by atoms with Gasteiger partial charge >= 0.3 is 6.15 Å². The highest BCUT2D eigenvalue weighted by Gasteiger charge is 2.42. The van der Waals surface area contributed by atoms with Crippen LogP contribution in [0.2, 0.25) is 0 Å². The summed E-state index contributed by atoms with van der Waals surface area (Å²) in [5.74, 6) is 1.32. The van der Waals surface area contributed by atoms with Gasteiger partial charge in [0, 0.05) is 24.0 Å². The molecule has 1 aliphatic heterocycles. The maximum Gasteiger partial charge on any atom is 0.373 e. The van der Waals surface area contributed by atoms with E-state index < -0.39 is 10.1 Å². The SMILES string of the molecule is CCC[N+]1(CCCS(=O)(=O)[O-])CC(CC)C(CC)C1.O=C=O. The first kappa shape index (κ1) is 21.2.